The fourth-order valence-corrected chi connectivity index (χ4v) is 7.20. The van der Waals surface area contributed by atoms with E-state index >= 15 is 0 Å². The summed E-state index contributed by atoms with van der Waals surface area (Å²) in [7, 11) is 0. The van der Waals surface area contributed by atoms with E-state index in [1.165, 1.54) is 0 Å². The van der Waals surface area contributed by atoms with Gasteiger partial charge in [0.1, 0.15) is 34.2 Å². The van der Waals surface area contributed by atoms with Gasteiger partial charge in [-0.3, -0.25) is 5.41 Å². The molecule has 9 rings (SSSR count). The minimum atomic E-state index is 0.135. The van der Waals surface area contributed by atoms with Gasteiger partial charge < -0.3 is 9.80 Å². The standard InChI is InChI=1S/C38H24N8S2/c39-31-34(42-47)36-37(38-35(31)43-48-44-38)41-32(23-11-3-1-4-12-23)33(40-36)24-19-21-26(22-20-24)46-29-17-9-7-15-27(29)45(25-13-5-2-6-14-25)28-16-8-10-18-30(28)46/h1-22,39,47H. The zero-order valence-electron chi connectivity index (χ0n) is 25.2. The highest BCUT2D eigenvalue weighted by Crippen LogP contribution is 2.54. The Labute approximate surface area is 286 Å². The normalized spacial score (nSPS) is 13.9. The third-order valence-electron chi connectivity index (χ3n) is 8.59. The molecule has 0 bridgehead atoms. The van der Waals surface area contributed by atoms with E-state index in [-0.39, 0.29) is 5.71 Å². The van der Waals surface area contributed by atoms with Gasteiger partial charge in [0.25, 0.3) is 0 Å². The fraction of sp³-hybridized carbons (Fsp3) is 0. The summed E-state index contributed by atoms with van der Waals surface area (Å²) in [6.45, 7) is 0. The summed E-state index contributed by atoms with van der Waals surface area (Å²) in [5, 5.41) is 8.75. The number of para-hydroxylation sites is 5. The van der Waals surface area contributed by atoms with Crippen LogP contribution in [-0.4, -0.2) is 30.1 Å². The molecular weight excluding hydrogens is 633 g/mol. The van der Waals surface area contributed by atoms with Crippen molar-refractivity contribution in [2.75, 3.05) is 9.80 Å². The van der Waals surface area contributed by atoms with Gasteiger partial charge in [0, 0.05) is 22.5 Å². The number of rotatable bonds is 4. The molecule has 0 amide bonds. The molecule has 2 aliphatic rings. The summed E-state index contributed by atoms with van der Waals surface area (Å²) in [6, 6.07) is 45.8. The lowest BCUT2D eigenvalue weighted by Gasteiger charge is -2.40. The average molecular weight is 657 g/mol. The zero-order chi connectivity index (χ0) is 32.2. The Morgan fingerprint density at radius 2 is 0.938 bits per heavy atom. The molecule has 1 aliphatic heterocycles. The molecule has 0 radical (unpaired) electrons. The third-order valence-corrected chi connectivity index (χ3v) is 9.32. The first-order valence-corrected chi connectivity index (χ1v) is 16.4. The lowest BCUT2D eigenvalue weighted by atomic mass is 9.95. The second-order valence-corrected chi connectivity index (χ2v) is 12.0. The first-order valence-electron chi connectivity index (χ1n) is 15.3. The number of hydrogen-bond donors (Lipinski definition) is 2. The highest BCUT2D eigenvalue weighted by atomic mass is 32.1. The van der Waals surface area contributed by atoms with Gasteiger partial charge in [-0.1, -0.05) is 84.9 Å². The van der Waals surface area contributed by atoms with Gasteiger partial charge in [-0.05, 0) is 61.3 Å². The van der Waals surface area contributed by atoms with Gasteiger partial charge in [-0.15, -0.1) is 0 Å². The van der Waals surface area contributed by atoms with Crippen molar-refractivity contribution in [3.05, 3.63) is 145 Å². The molecule has 7 aromatic rings. The number of aromatic nitrogens is 4. The van der Waals surface area contributed by atoms with Crippen LogP contribution in [0.3, 0.4) is 0 Å². The molecule has 0 spiro atoms. The summed E-state index contributed by atoms with van der Waals surface area (Å²) in [4.78, 5) is 14.9. The molecule has 48 heavy (non-hydrogen) atoms. The van der Waals surface area contributed by atoms with Crippen molar-refractivity contribution in [2.45, 2.75) is 0 Å². The molecule has 8 nitrogen and oxygen atoms in total. The average Bonchev–Trinajstić information content (AvgIpc) is 3.65. The van der Waals surface area contributed by atoms with Crippen LogP contribution in [0.1, 0.15) is 11.4 Å². The Morgan fingerprint density at radius 1 is 0.479 bits per heavy atom. The van der Waals surface area contributed by atoms with Gasteiger partial charge in [0.05, 0.1) is 45.9 Å². The number of fused-ring (bicyclic) bond motifs is 5. The lowest BCUT2D eigenvalue weighted by Crippen LogP contribution is -2.25. The summed E-state index contributed by atoms with van der Waals surface area (Å²) < 4.78 is 13.0. The van der Waals surface area contributed by atoms with Crippen LogP contribution in [0, 0.1) is 5.41 Å². The van der Waals surface area contributed by atoms with Crippen molar-refractivity contribution in [1.29, 1.82) is 5.41 Å². The van der Waals surface area contributed by atoms with Gasteiger partial charge in [-0.25, -0.2) is 14.4 Å². The molecule has 10 heteroatoms. The van der Waals surface area contributed by atoms with Crippen LogP contribution < -0.4 is 9.80 Å². The highest BCUT2D eigenvalue weighted by Gasteiger charge is 2.34. The molecule has 0 saturated heterocycles. The summed E-state index contributed by atoms with van der Waals surface area (Å²) in [5.41, 5.74) is 12.1. The quantitative estimate of drug-likeness (QED) is 0.183. The van der Waals surface area contributed by atoms with E-state index in [0.717, 1.165) is 57.0 Å². The van der Waals surface area contributed by atoms with E-state index in [9.17, 15) is 0 Å². The summed E-state index contributed by atoms with van der Waals surface area (Å²) in [6.07, 6.45) is 0. The van der Waals surface area contributed by atoms with Crippen molar-refractivity contribution in [2.24, 2.45) is 4.40 Å². The molecule has 228 valence electrons. The van der Waals surface area contributed by atoms with E-state index in [4.69, 9.17) is 15.4 Å². The predicted molar refractivity (Wildman–Crippen MR) is 197 cm³/mol. The molecule has 5 aromatic carbocycles. The molecule has 0 atom stereocenters. The van der Waals surface area contributed by atoms with E-state index in [1.54, 1.807) is 0 Å². The zero-order valence-corrected chi connectivity index (χ0v) is 26.9. The van der Waals surface area contributed by atoms with E-state index in [0.29, 0.717) is 39.9 Å². The van der Waals surface area contributed by atoms with Gasteiger partial charge in [0.2, 0.25) is 0 Å². The van der Waals surface area contributed by atoms with Gasteiger partial charge >= 0.3 is 0 Å². The van der Waals surface area contributed by atoms with Crippen LogP contribution in [0.15, 0.2) is 138 Å². The third kappa shape index (κ3) is 4.38. The van der Waals surface area contributed by atoms with E-state index < -0.39 is 0 Å². The van der Waals surface area contributed by atoms with Crippen LogP contribution in [0.4, 0.5) is 34.1 Å². The topological polar surface area (TPSA) is 94.2 Å². The Kier molecular flexibility index (Phi) is 6.70. The minimum Gasteiger partial charge on any atom is -0.306 e. The summed E-state index contributed by atoms with van der Waals surface area (Å²) >= 11 is 5.26. The first kappa shape index (κ1) is 28.3. The second kappa shape index (κ2) is 11.4. The Balaban J connectivity index is 1.20. The van der Waals surface area contributed by atoms with Crippen molar-refractivity contribution < 1.29 is 0 Å². The second-order valence-electron chi connectivity index (χ2n) is 11.3. The molecule has 3 heterocycles. The maximum atomic E-state index is 8.75. The number of nitrogens with zero attached hydrogens (tertiary/aromatic N) is 7. The molecule has 2 aromatic heterocycles. The van der Waals surface area contributed by atoms with Gasteiger partial charge in [0.15, 0.2) is 0 Å². The van der Waals surface area contributed by atoms with Crippen molar-refractivity contribution in [3.8, 4) is 33.9 Å². The Morgan fingerprint density at radius 3 is 1.50 bits per heavy atom. The maximum absolute atomic E-state index is 8.75. The highest BCUT2D eigenvalue weighted by molar-refractivity contribution is 7.79. The summed E-state index contributed by atoms with van der Waals surface area (Å²) in [5.74, 6) is 0. The molecule has 1 N–H and O–H groups in total. The van der Waals surface area contributed by atoms with Crippen LogP contribution in [0.5, 0.6) is 0 Å². The van der Waals surface area contributed by atoms with Crippen molar-refractivity contribution in [1.82, 2.24) is 18.7 Å². The largest absolute Gasteiger partial charge is 0.306 e. The number of hydrogen-bond acceptors (Lipinski definition) is 10. The first-order chi connectivity index (χ1) is 23.7. The lowest BCUT2D eigenvalue weighted by molar-refractivity contribution is 1.16. The van der Waals surface area contributed by atoms with Crippen LogP contribution in [0.25, 0.3) is 33.9 Å². The van der Waals surface area contributed by atoms with E-state index in [1.807, 2.05) is 36.4 Å². The molecule has 0 unspecified atom stereocenters. The van der Waals surface area contributed by atoms with Crippen LogP contribution in [0.2, 0.25) is 0 Å². The Bertz CT molecular complexity index is 2340. The molecular formula is C38H24N8S2. The van der Waals surface area contributed by atoms with Crippen molar-refractivity contribution >= 4 is 70.1 Å². The number of nitrogens with one attached hydrogen (secondary N) is 1. The van der Waals surface area contributed by atoms with Crippen molar-refractivity contribution in [3.63, 3.8) is 0 Å². The predicted octanol–water partition coefficient (Wildman–Crippen LogP) is 9.60. The monoisotopic (exact) mass is 656 g/mol. The Hall–Kier alpha value is -5.97. The van der Waals surface area contributed by atoms with Crippen LogP contribution >= 0.6 is 24.5 Å². The SMILES string of the molecule is N=C1C(=NS)c2nc(-c3ccc(N4c5ccccc5N(c5ccccc5)c5ccccc54)cc3)c(-c3ccccc3)nc2-c2nsnc21. The number of thiol groups is 1. The molecule has 0 fully saturated rings. The fourth-order valence-electron chi connectivity index (χ4n) is 6.45. The molecule has 0 saturated carbocycles. The number of benzene rings is 5. The maximum Gasteiger partial charge on any atom is 0.135 e. The minimum absolute atomic E-state index is 0.135. The van der Waals surface area contributed by atoms with E-state index in [2.05, 4.69) is 133 Å². The number of anilines is 6. The van der Waals surface area contributed by atoms with Crippen LogP contribution in [-0.2, 0) is 0 Å². The van der Waals surface area contributed by atoms with Gasteiger partial charge in [-0.2, -0.15) is 8.75 Å². The smallest absolute Gasteiger partial charge is 0.135 e. The molecule has 1 aliphatic carbocycles.